The van der Waals surface area contributed by atoms with Crippen molar-refractivity contribution in [2.75, 3.05) is 11.6 Å². The molecule has 0 spiro atoms. The van der Waals surface area contributed by atoms with Crippen molar-refractivity contribution in [1.82, 2.24) is 19.3 Å². The molecule has 1 N–H and O–H groups in total. The number of imidazole rings is 1. The normalized spacial score (nSPS) is 11.0. The molecule has 2 aromatic heterocycles. The Morgan fingerprint density at radius 3 is 2.86 bits per heavy atom. The first kappa shape index (κ1) is 14.6. The maximum atomic E-state index is 12.3. The molecule has 1 aromatic carbocycles. The van der Waals surface area contributed by atoms with E-state index in [-0.39, 0.29) is 12.5 Å². The van der Waals surface area contributed by atoms with Crippen LogP contribution in [0, 0.1) is 0 Å². The first-order chi connectivity index (χ1) is 10.7. The van der Waals surface area contributed by atoms with Crippen LogP contribution in [0.15, 0.2) is 36.5 Å². The molecular weight excluding hydrogens is 298 g/mol. The molecule has 3 aromatic rings. The number of rotatable bonds is 5. The van der Waals surface area contributed by atoms with Crippen LogP contribution in [-0.2, 0) is 24.1 Å². The number of nitrogens with one attached hydrogen (secondary N) is 1. The number of fused-ring (bicyclic) bond motifs is 1. The number of aromatic nitrogens is 4. The van der Waals surface area contributed by atoms with Crippen LogP contribution in [0.4, 0.5) is 5.82 Å². The smallest absolute Gasteiger partial charge is 0.245 e. The van der Waals surface area contributed by atoms with E-state index in [1.54, 1.807) is 28.7 Å². The fourth-order valence-electron chi connectivity index (χ4n) is 2.35. The van der Waals surface area contributed by atoms with Gasteiger partial charge in [-0.1, -0.05) is 12.1 Å². The third-order valence-electron chi connectivity index (χ3n) is 3.29. The molecule has 0 aliphatic heterocycles. The predicted octanol–water partition coefficient (Wildman–Crippen LogP) is 2.27. The summed E-state index contributed by atoms with van der Waals surface area (Å²) in [6.07, 6.45) is 3.82. The third-order valence-corrected chi connectivity index (χ3v) is 3.84. The van der Waals surface area contributed by atoms with E-state index in [4.69, 9.17) is 0 Å². The zero-order valence-corrected chi connectivity index (χ0v) is 13.3. The van der Waals surface area contributed by atoms with E-state index < -0.39 is 0 Å². The van der Waals surface area contributed by atoms with Crippen molar-refractivity contribution in [3.05, 3.63) is 42.4 Å². The van der Waals surface area contributed by atoms with Gasteiger partial charge in [-0.25, -0.2) is 4.98 Å². The highest BCUT2D eigenvalue weighted by atomic mass is 32.2. The van der Waals surface area contributed by atoms with Crippen molar-refractivity contribution in [1.29, 1.82) is 0 Å². The molecule has 114 valence electrons. The Balaban J connectivity index is 1.85. The Morgan fingerprint density at radius 1 is 1.32 bits per heavy atom. The molecule has 2 heterocycles. The van der Waals surface area contributed by atoms with Gasteiger partial charge in [0, 0.05) is 19.3 Å². The second-order valence-electron chi connectivity index (χ2n) is 4.96. The van der Waals surface area contributed by atoms with Gasteiger partial charge in [0.25, 0.3) is 0 Å². The number of benzene rings is 1. The van der Waals surface area contributed by atoms with Crippen LogP contribution < -0.4 is 5.32 Å². The SMILES string of the molecule is CSCc1nc2ccccc2n1CC(=O)Nc1ccn(C)n1. The summed E-state index contributed by atoms with van der Waals surface area (Å²) in [5.74, 6) is 2.13. The summed E-state index contributed by atoms with van der Waals surface area (Å²) < 4.78 is 3.62. The summed E-state index contributed by atoms with van der Waals surface area (Å²) in [5, 5.41) is 6.97. The maximum absolute atomic E-state index is 12.3. The lowest BCUT2D eigenvalue weighted by Gasteiger charge is -2.08. The molecule has 6 nitrogen and oxygen atoms in total. The van der Waals surface area contributed by atoms with Crippen molar-refractivity contribution in [3.63, 3.8) is 0 Å². The molecule has 0 unspecified atom stereocenters. The third kappa shape index (κ3) is 2.99. The highest BCUT2D eigenvalue weighted by molar-refractivity contribution is 7.97. The molecule has 0 saturated carbocycles. The molecule has 22 heavy (non-hydrogen) atoms. The molecule has 3 rings (SSSR count). The average molecular weight is 315 g/mol. The number of aryl methyl sites for hydroxylation is 1. The van der Waals surface area contributed by atoms with Crippen LogP contribution in [0.3, 0.4) is 0 Å². The Kier molecular flexibility index (Phi) is 4.15. The lowest BCUT2D eigenvalue weighted by Crippen LogP contribution is -2.20. The van der Waals surface area contributed by atoms with Crippen LogP contribution in [0.5, 0.6) is 0 Å². The van der Waals surface area contributed by atoms with E-state index in [2.05, 4.69) is 15.4 Å². The van der Waals surface area contributed by atoms with Crippen LogP contribution >= 0.6 is 11.8 Å². The van der Waals surface area contributed by atoms with Crippen LogP contribution in [0.25, 0.3) is 11.0 Å². The van der Waals surface area contributed by atoms with E-state index in [1.165, 1.54) is 0 Å². The van der Waals surface area contributed by atoms with E-state index in [9.17, 15) is 4.79 Å². The number of hydrogen-bond acceptors (Lipinski definition) is 4. The van der Waals surface area contributed by atoms with Gasteiger partial charge in [-0.05, 0) is 18.4 Å². The number of hydrogen-bond donors (Lipinski definition) is 1. The number of para-hydroxylation sites is 2. The monoisotopic (exact) mass is 315 g/mol. The van der Waals surface area contributed by atoms with Gasteiger partial charge in [-0.15, -0.1) is 0 Å². The Morgan fingerprint density at radius 2 is 2.14 bits per heavy atom. The molecular formula is C15H17N5OS. The van der Waals surface area contributed by atoms with Gasteiger partial charge in [0.15, 0.2) is 5.82 Å². The second kappa shape index (κ2) is 6.23. The average Bonchev–Trinajstić information content (AvgIpc) is 3.04. The molecule has 0 radical (unpaired) electrons. The topological polar surface area (TPSA) is 64.7 Å². The second-order valence-corrected chi connectivity index (χ2v) is 5.82. The Bertz CT molecular complexity index is 807. The first-order valence-corrected chi connectivity index (χ1v) is 8.29. The number of thioether (sulfide) groups is 1. The number of carbonyl (C=O) groups is 1. The minimum Gasteiger partial charge on any atom is -0.318 e. The van der Waals surface area contributed by atoms with Crippen molar-refractivity contribution < 1.29 is 4.79 Å². The largest absolute Gasteiger partial charge is 0.318 e. The summed E-state index contributed by atoms with van der Waals surface area (Å²) in [6, 6.07) is 9.63. The Hall–Kier alpha value is -2.28. The van der Waals surface area contributed by atoms with Gasteiger partial charge >= 0.3 is 0 Å². The number of amides is 1. The standard InChI is InChI=1S/C15H17N5OS/c1-19-8-7-13(18-19)17-15(21)9-20-12-6-4-3-5-11(12)16-14(20)10-22-2/h3-8H,9-10H2,1-2H3,(H,17,18,21). The van der Waals surface area contributed by atoms with Crippen molar-refractivity contribution in [2.24, 2.45) is 7.05 Å². The van der Waals surface area contributed by atoms with E-state index in [0.717, 1.165) is 22.6 Å². The quantitative estimate of drug-likeness (QED) is 0.784. The van der Waals surface area contributed by atoms with Gasteiger partial charge in [0.05, 0.1) is 16.8 Å². The summed E-state index contributed by atoms with van der Waals surface area (Å²) in [7, 11) is 1.82. The van der Waals surface area contributed by atoms with Crippen LogP contribution in [0.2, 0.25) is 0 Å². The fraction of sp³-hybridized carbons (Fsp3) is 0.267. The lowest BCUT2D eigenvalue weighted by molar-refractivity contribution is -0.116. The summed E-state index contributed by atoms with van der Waals surface area (Å²) in [6.45, 7) is 0.229. The fourth-order valence-corrected chi connectivity index (χ4v) is 2.83. The van der Waals surface area contributed by atoms with Gasteiger partial charge in [-0.2, -0.15) is 16.9 Å². The van der Waals surface area contributed by atoms with Gasteiger partial charge < -0.3 is 9.88 Å². The lowest BCUT2D eigenvalue weighted by atomic mass is 10.3. The molecule has 0 aliphatic rings. The van der Waals surface area contributed by atoms with Gasteiger partial charge in [0.2, 0.25) is 5.91 Å². The van der Waals surface area contributed by atoms with Crippen molar-refractivity contribution >= 4 is 34.5 Å². The molecule has 7 heteroatoms. The zero-order valence-electron chi connectivity index (χ0n) is 12.5. The van der Waals surface area contributed by atoms with Crippen LogP contribution in [-0.4, -0.2) is 31.5 Å². The highest BCUT2D eigenvalue weighted by Crippen LogP contribution is 2.19. The maximum Gasteiger partial charge on any atom is 0.245 e. The van der Waals surface area contributed by atoms with E-state index in [0.29, 0.717) is 5.82 Å². The molecule has 0 saturated heterocycles. The van der Waals surface area contributed by atoms with Gasteiger partial charge in [-0.3, -0.25) is 9.48 Å². The molecule has 0 atom stereocenters. The minimum absolute atomic E-state index is 0.107. The zero-order chi connectivity index (χ0) is 15.5. The summed E-state index contributed by atoms with van der Waals surface area (Å²) in [4.78, 5) is 16.9. The first-order valence-electron chi connectivity index (χ1n) is 6.90. The van der Waals surface area contributed by atoms with Gasteiger partial charge in [0.1, 0.15) is 12.4 Å². The Labute approximate surface area is 132 Å². The number of nitrogens with zero attached hydrogens (tertiary/aromatic N) is 4. The summed E-state index contributed by atoms with van der Waals surface area (Å²) >= 11 is 1.69. The molecule has 0 aliphatic carbocycles. The highest BCUT2D eigenvalue weighted by Gasteiger charge is 2.13. The van der Waals surface area contributed by atoms with Crippen molar-refractivity contribution in [2.45, 2.75) is 12.3 Å². The van der Waals surface area contributed by atoms with Crippen LogP contribution in [0.1, 0.15) is 5.82 Å². The number of carbonyl (C=O) groups excluding carboxylic acids is 1. The van der Waals surface area contributed by atoms with Crippen molar-refractivity contribution in [3.8, 4) is 0 Å². The summed E-state index contributed by atoms with van der Waals surface area (Å²) in [5.41, 5.74) is 1.89. The molecule has 0 bridgehead atoms. The molecule has 1 amide bonds. The van der Waals surface area contributed by atoms with E-state index in [1.807, 2.05) is 42.1 Å². The number of anilines is 1. The van der Waals surface area contributed by atoms with E-state index >= 15 is 0 Å². The predicted molar refractivity (Wildman–Crippen MR) is 88.8 cm³/mol. The molecule has 0 fully saturated rings. The minimum atomic E-state index is -0.107.